The molecule has 4 aromatic rings. The maximum atomic E-state index is 14.0. The van der Waals surface area contributed by atoms with Gasteiger partial charge in [-0.2, -0.15) is 5.26 Å². The number of rotatable bonds is 8. The van der Waals surface area contributed by atoms with Crippen molar-refractivity contribution in [3.05, 3.63) is 89.2 Å². The summed E-state index contributed by atoms with van der Waals surface area (Å²) >= 11 is 1.13. The minimum absolute atomic E-state index is 0.00409. The monoisotopic (exact) mass is 495 g/mol. The third kappa shape index (κ3) is 5.23. The molecule has 0 saturated carbocycles. The quantitative estimate of drug-likeness (QED) is 0.358. The number of aromatic nitrogens is 1. The number of nitriles is 1. The summed E-state index contributed by atoms with van der Waals surface area (Å²) in [5.41, 5.74) is 2.07. The van der Waals surface area contributed by atoms with E-state index in [2.05, 4.69) is 9.71 Å². The minimum Gasteiger partial charge on any atom is -0.455 e. The van der Waals surface area contributed by atoms with Crippen molar-refractivity contribution in [2.24, 2.45) is 0 Å². The molecule has 1 aromatic heterocycles. The summed E-state index contributed by atoms with van der Waals surface area (Å²) < 4.78 is 47.6. The van der Waals surface area contributed by atoms with Gasteiger partial charge in [-0.05, 0) is 53.9 Å². The Morgan fingerprint density at radius 3 is 2.53 bits per heavy atom. The van der Waals surface area contributed by atoms with E-state index >= 15 is 0 Å². The maximum absolute atomic E-state index is 14.0. The van der Waals surface area contributed by atoms with Crippen molar-refractivity contribution in [2.75, 3.05) is 11.3 Å². The first-order valence-electron chi connectivity index (χ1n) is 10.0. The number of nitrogens with one attached hydrogen (secondary N) is 1. The molecular weight excluding hydrogens is 477 g/mol. The SMILES string of the molecule is N#Cc1cc(S(=O)(=O)Nc2nccs2)ccc1Oc1ccc(F)cc1-c1ccc(CCO)cc1. The lowest BCUT2D eigenvalue weighted by Crippen LogP contribution is -2.13. The predicted molar refractivity (Wildman–Crippen MR) is 127 cm³/mol. The lowest BCUT2D eigenvalue weighted by Gasteiger charge is -2.14. The molecule has 34 heavy (non-hydrogen) atoms. The Kier molecular flexibility index (Phi) is 6.88. The van der Waals surface area contributed by atoms with E-state index in [0.717, 1.165) is 16.9 Å². The summed E-state index contributed by atoms with van der Waals surface area (Å²) in [5.74, 6) is -0.0400. The number of benzene rings is 3. The highest BCUT2D eigenvalue weighted by Gasteiger charge is 2.19. The number of sulfonamides is 1. The second kappa shape index (κ2) is 10.0. The van der Waals surface area contributed by atoms with Gasteiger partial charge >= 0.3 is 0 Å². The Balaban J connectivity index is 1.66. The highest BCUT2D eigenvalue weighted by Crippen LogP contribution is 2.36. The van der Waals surface area contributed by atoms with Crippen LogP contribution in [0.4, 0.5) is 9.52 Å². The van der Waals surface area contributed by atoms with Crippen molar-refractivity contribution in [1.29, 1.82) is 5.26 Å². The Bertz CT molecular complexity index is 1450. The van der Waals surface area contributed by atoms with Gasteiger partial charge in [-0.1, -0.05) is 24.3 Å². The molecule has 1 heterocycles. The van der Waals surface area contributed by atoms with Gasteiger partial charge in [0.2, 0.25) is 0 Å². The lowest BCUT2D eigenvalue weighted by molar-refractivity contribution is 0.299. The van der Waals surface area contributed by atoms with Gasteiger partial charge in [0.15, 0.2) is 5.13 Å². The molecule has 3 aromatic carbocycles. The van der Waals surface area contributed by atoms with Crippen LogP contribution in [0.15, 0.2) is 77.1 Å². The number of hydrogen-bond donors (Lipinski definition) is 2. The standard InChI is InChI=1S/C24H18FN3O4S2/c25-19-5-7-23(21(14-19)17-3-1-16(2-4-17)9-11-29)32-22-8-6-20(13-18(22)15-26)34(30,31)28-24-27-10-12-33-24/h1-8,10,12-14,29H,9,11H2,(H,27,28). The Hall–Kier alpha value is -3.78. The van der Waals surface area contributed by atoms with Crippen LogP contribution in [0.5, 0.6) is 11.5 Å². The molecule has 0 atom stereocenters. The zero-order chi connectivity index (χ0) is 24.1. The molecule has 0 aliphatic heterocycles. The molecule has 0 bridgehead atoms. The summed E-state index contributed by atoms with van der Waals surface area (Å²) in [4.78, 5) is 3.78. The zero-order valence-electron chi connectivity index (χ0n) is 17.6. The largest absolute Gasteiger partial charge is 0.455 e. The number of aliphatic hydroxyl groups excluding tert-OH is 1. The first-order chi connectivity index (χ1) is 16.4. The molecule has 0 unspecified atom stereocenters. The van der Waals surface area contributed by atoms with Gasteiger partial charge in [-0.15, -0.1) is 11.3 Å². The van der Waals surface area contributed by atoms with Crippen LogP contribution in [-0.2, 0) is 16.4 Å². The summed E-state index contributed by atoms with van der Waals surface area (Å²) in [6, 6.07) is 17.1. The van der Waals surface area contributed by atoms with E-state index in [1.54, 1.807) is 17.5 Å². The van der Waals surface area contributed by atoms with Crippen molar-refractivity contribution in [2.45, 2.75) is 11.3 Å². The molecule has 10 heteroatoms. The molecule has 4 rings (SSSR count). The van der Waals surface area contributed by atoms with Crippen LogP contribution in [0.25, 0.3) is 11.1 Å². The van der Waals surface area contributed by atoms with E-state index in [1.807, 2.05) is 18.2 Å². The second-order valence-corrected chi connectivity index (χ2v) is 9.70. The van der Waals surface area contributed by atoms with Gasteiger partial charge in [0, 0.05) is 23.7 Å². The van der Waals surface area contributed by atoms with Crippen LogP contribution in [0.3, 0.4) is 0 Å². The average Bonchev–Trinajstić information content (AvgIpc) is 3.33. The van der Waals surface area contributed by atoms with E-state index in [9.17, 15) is 18.1 Å². The number of anilines is 1. The van der Waals surface area contributed by atoms with Crippen molar-refractivity contribution >= 4 is 26.5 Å². The van der Waals surface area contributed by atoms with Gasteiger partial charge in [-0.25, -0.2) is 17.8 Å². The van der Waals surface area contributed by atoms with Gasteiger partial charge < -0.3 is 9.84 Å². The fourth-order valence-corrected chi connectivity index (χ4v) is 5.03. The summed E-state index contributed by atoms with van der Waals surface area (Å²) in [6.07, 6.45) is 1.98. The van der Waals surface area contributed by atoms with Gasteiger partial charge in [0.1, 0.15) is 23.4 Å². The summed E-state index contributed by atoms with van der Waals surface area (Å²) in [7, 11) is -3.95. The molecule has 2 N–H and O–H groups in total. The van der Waals surface area contributed by atoms with Crippen LogP contribution in [0.1, 0.15) is 11.1 Å². The highest BCUT2D eigenvalue weighted by atomic mass is 32.2. The topological polar surface area (TPSA) is 112 Å². The summed E-state index contributed by atoms with van der Waals surface area (Å²) in [6.45, 7) is 0.0235. The van der Waals surface area contributed by atoms with E-state index in [-0.39, 0.29) is 27.9 Å². The molecule has 0 saturated heterocycles. The van der Waals surface area contributed by atoms with Gasteiger partial charge in [0.25, 0.3) is 10.0 Å². The zero-order valence-corrected chi connectivity index (χ0v) is 19.2. The molecule has 0 amide bonds. The Morgan fingerprint density at radius 1 is 1.09 bits per heavy atom. The molecule has 0 fully saturated rings. The highest BCUT2D eigenvalue weighted by molar-refractivity contribution is 7.93. The fourth-order valence-electron chi connectivity index (χ4n) is 3.22. The van der Waals surface area contributed by atoms with E-state index in [4.69, 9.17) is 9.84 Å². The van der Waals surface area contributed by atoms with Crippen LogP contribution in [-0.4, -0.2) is 25.1 Å². The fraction of sp³-hybridized carbons (Fsp3) is 0.0833. The van der Waals surface area contributed by atoms with E-state index in [1.165, 1.54) is 42.6 Å². The third-order valence-electron chi connectivity index (χ3n) is 4.86. The molecule has 7 nitrogen and oxygen atoms in total. The van der Waals surface area contributed by atoms with E-state index < -0.39 is 15.8 Å². The number of aliphatic hydroxyl groups is 1. The number of halogens is 1. The van der Waals surface area contributed by atoms with Crippen molar-refractivity contribution in [3.8, 4) is 28.7 Å². The minimum atomic E-state index is -3.95. The first kappa shape index (κ1) is 23.4. The number of thiazole rings is 1. The van der Waals surface area contributed by atoms with Crippen LogP contribution >= 0.6 is 11.3 Å². The second-order valence-electron chi connectivity index (χ2n) is 7.13. The normalized spacial score (nSPS) is 11.1. The smallest absolute Gasteiger partial charge is 0.263 e. The van der Waals surface area contributed by atoms with Crippen LogP contribution < -0.4 is 9.46 Å². The molecule has 0 radical (unpaired) electrons. The van der Waals surface area contributed by atoms with Crippen molar-refractivity contribution in [1.82, 2.24) is 4.98 Å². The first-order valence-corrected chi connectivity index (χ1v) is 12.4. The average molecular weight is 496 g/mol. The van der Waals surface area contributed by atoms with Gasteiger partial charge in [-0.3, -0.25) is 4.72 Å². The van der Waals surface area contributed by atoms with Crippen molar-refractivity contribution < 1.29 is 22.7 Å². The maximum Gasteiger partial charge on any atom is 0.263 e. The molecule has 0 spiro atoms. The molecule has 0 aliphatic carbocycles. The molecule has 0 aliphatic rings. The molecule has 172 valence electrons. The predicted octanol–water partition coefficient (Wildman–Crippen LogP) is 4.95. The Labute approximate surface area is 199 Å². The third-order valence-corrected chi connectivity index (χ3v) is 7.02. The Morgan fingerprint density at radius 2 is 1.85 bits per heavy atom. The van der Waals surface area contributed by atoms with Crippen molar-refractivity contribution in [3.63, 3.8) is 0 Å². The van der Waals surface area contributed by atoms with Crippen LogP contribution in [0, 0.1) is 17.1 Å². The van der Waals surface area contributed by atoms with Gasteiger partial charge in [0.05, 0.1) is 10.5 Å². The van der Waals surface area contributed by atoms with E-state index in [0.29, 0.717) is 23.3 Å². The lowest BCUT2D eigenvalue weighted by atomic mass is 10.0. The van der Waals surface area contributed by atoms with Crippen LogP contribution in [0.2, 0.25) is 0 Å². The molecular formula is C24H18FN3O4S2. The summed E-state index contributed by atoms with van der Waals surface area (Å²) in [5, 5.41) is 20.6. The number of nitrogens with zero attached hydrogens (tertiary/aromatic N) is 2. The number of hydrogen-bond acceptors (Lipinski definition) is 7. The number of ether oxygens (including phenoxy) is 1.